The molecule has 2 aliphatic heterocycles. The fourth-order valence-corrected chi connectivity index (χ4v) is 3.53. The lowest BCUT2D eigenvalue weighted by Gasteiger charge is -2.32. The molecule has 3 rings (SSSR count). The zero-order valence-electron chi connectivity index (χ0n) is 13.1. The van der Waals surface area contributed by atoms with Gasteiger partial charge in [0, 0.05) is 50.3 Å². The molecule has 1 atom stereocenters. The number of likely N-dealkylation sites (tertiary alicyclic amines) is 1. The monoisotopic (exact) mass is 321 g/mol. The second-order valence-corrected chi connectivity index (χ2v) is 6.74. The van der Waals surface area contributed by atoms with Crippen LogP contribution < -0.4 is 5.32 Å². The SMILES string of the molecule is Cc1cc(CC(=O)N2CCC(N3CCNCC3)C2)ccc1Cl. The van der Waals surface area contributed by atoms with Crippen molar-refractivity contribution in [3.05, 3.63) is 34.3 Å². The van der Waals surface area contributed by atoms with E-state index in [1.807, 2.05) is 30.0 Å². The molecule has 120 valence electrons. The van der Waals surface area contributed by atoms with Gasteiger partial charge < -0.3 is 10.2 Å². The number of aryl methyl sites for hydroxylation is 1. The first-order valence-corrected chi connectivity index (χ1v) is 8.49. The predicted octanol–water partition coefficient (Wildman–Crippen LogP) is 1.70. The second-order valence-electron chi connectivity index (χ2n) is 6.33. The summed E-state index contributed by atoms with van der Waals surface area (Å²) >= 11 is 6.04. The summed E-state index contributed by atoms with van der Waals surface area (Å²) in [6, 6.07) is 6.40. The highest BCUT2D eigenvalue weighted by Crippen LogP contribution is 2.20. The number of amides is 1. The fraction of sp³-hybridized carbons (Fsp3) is 0.588. The molecule has 4 nitrogen and oxygen atoms in total. The van der Waals surface area contributed by atoms with Crippen molar-refractivity contribution in [2.45, 2.75) is 25.8 Å². The number of carbonyl (C=O) groups excluding carboxylic acids is 1. The standard InChI is InChI=1S/C17H24ClN3O/c1-13-10-14(2-3-16(13)18)11-17(22)21-7-4-15(12-21)20-8-5-19-6-9-20/h2-3,10,15,19H,4-9,11-12H2,1H3. The Morgan fingerprint density at radius 1 is 1.32 bits per heavy atom. The quantitative estimate of drug-likeness (QED) is 0.920. The Bertz CT molecular complexity index is 543. The summed E-state index contributed by atoms with van der Waals surface area (Å²) in [4.78, 5) is 17.0. The maximum Gasteiger partial charge on any atom is 0.227 e. The lowest BCUT2D eigenvalue weighted by Crippen LogP contribution is -2.49. The van der Waals surface area contributed by atoms with Crippen LogP contribution in [0.15, 0.2) is 18.2 Å². The minimum atomic E-state index is 0.236. The minimum absolute atomic E-state index is 0.236. The largest absolute Gasteiger partial charge is 0.341 e. The van der Waals surface area contributed by atoms with E-state index in [1.165, 1.54) is 0 Å². The van der Waals surface area contributed by atoms with E-state index >= 15 is 0 Å². The number of piperazine rings is 1. The summed E-state index contributed by atoms with van der Waals surface area (Å²) in [6.07, 6.45) is 1.58. The Labute approximate surface area is 137 Å². The Morgan fingerprint density at radius 3 is 2.82 bits per heavy atom. The molecule has 0 aromatic heterocycles. The second kappa shape index (κ2) is 6.99. The van der Waals surface area contributed by atoms with E-state index in [9.17, 15) is 4.79 Å². The molecule has 1 aromatic rings. The molecule has 0 spiro atoms. The zero-order chi connectivity index (χ0) is 15.5. The van der Waals surface area contributed by atoms with Gasteiger partial charge in [0.05, 0.1) is 6.42 Å². The third-order valence-corrected chi connectivity index (χ3v) is 5.19. The molecule has 1 aromatic carbocycles. The number of hydrogen-bond acceptors (Lipinski definition) is 3. The van der Waals surface area contributed by atoms with Gasteiger partial charge in [-0.25, -0.2) is 0 Å². The van der Waals surface area contributed by atoms with E-state index in [0.29, 0.717) is 12.5 Å². The summed E-state index contributed by atoms with van der Waals surface area (Å²) in [5, 5.41) is 4.14. The number of nitrogens with one attached hydrogen (secondary N) is 1. The molecular weight excluding hydrogens is 298 g/mol. The molecule has 5 heteroatoms. The molecule has 22 heavy (non-hydrogen) atoms. The van der Waals surface area contributed by atoms with Crippen molar-refractivity contribution in [3.63, 3.8) is 0 Å². The van der Waals surface area contributed by atoms with Crippen LogP contribution in [0.3, 0.4) is 0 Å². The van der Waals surface area contributed by atoms with Crippen LogP contribution in [0.1, 0.15) is 17.5 Å². The van der Waals surface area contributed by atoms with Crippen molar-refractivity contribution >= 4 is 17.5 Å². The third kappa shape index (κ3) is 3.62. The van der Waals surface area contributed by atoms with Crippen molar-refractivity contribution in [3.8, 4) is 0 Å². The molecule has 2 fully saturated rings. The van der Waals surface area contributed by atoms with E-state index in [2.05, 4.69) is 10.2 Å². The van der Waals surface area contributed by atoms with Gasteiger partial charge >= 0.3 is 0 Å². The molecule has 0 aliphatic carbocycles. The maximum absolute atomic E-state index is 12.5. The Kier molecular flexibility index (Phi) is 5.01. The van der Waals surface area contributed by atoms with Crippen molar-refractivity contribution in [1.29, 1.82) is 0 Å². The smallest absolute Gasteiger partial charge is 0.227 e. The van der Waals surface area contributed by atoms with Gasteiger partial charge in [0.25, 0.3) is 0 Å². The normalized spacial score (nSPS) is 23.0. The number of benzene rings is 1. The summed E-state index contributed by atoms with van der Waals surface area (Å²) in [6.45, 7) is 8.08. The van der Waals surface area contributed by atoms with E-state index in [1.54, 1.807) is 0 Å². The van der Waals surface area contributed by atoms with Crippen molar-refractivity contribution in [2.24, 2.45) is 0 Å². The molecule has 2 aliphatic rings. The highest BCUT2D eigenvalue weighted by molar-refractivity contribution is 6.31. The summed E-state index contributed by atoms with van der Waals surface area (Å²) in [7, 11) is 0. The molecule has 1 N–H and O–H groups in total. The van der Waals surface area contributed by atoms with Crippen LogP contribution in [0.2, 0.25) is 5.02 Å². The van der Waals surface area contributed by atoms with Crippen LogP contribution in [0.4, 0.5) is 0 Å². The fourth-order valence-electron chi connectivity index (χ4n) is 3.42. The van der Waals surface area contributed by atoms with Gasteiger partial charge in [-0.1, -0.05) is 23.7 Å². The van der Waals surface area contributed by atoms with Gasteiger partial charge in [-0.15, -0.1) is 0 Å². The first-order chi connectivity index (χ1) is 10.6. The first-order valence-electron chi connectivity index (χ1n) is 8.11. The van der Waals surface area contributed by atoms with Crippen molar-refractivity contribution < 1.29 is 4.79 Å². The highest BCUT2D eigenvalue weighted by atomic mass is 35.5. The van der Waals surface area contributed by atoms with Gasteiger partial charge in [-0.05, 0) is 30.5 Å². The first kappa shape index (κ1) is 15.8. The zero-order valence-corrected chi connectivity index (χ0v) is 13.9. The number of carbonyl (C=O) groups is 1. The van der Waals surface area contributed by atoms with Crippen LogP contribution in [-0.2, 0) is 11.2 Å². The Hall–Kier alpha value is -1.10. The van der Waals surface area contributed by atoms with Gasteiger partial charge in [0.2, 0.25) is 5.91 Å². The van der Waals surface area contributed by atoms with Gasteiger partial charge in [-0.2, -0.15) is 0 Å². The maximum atomic E-state index is 12.5. The average Bonchev–Trinajstić information content (AvgIpc) is 3.02. The number of hydrogen-bond donors (Lipinski definition) is 1. The van der Waals surface area contributed by atoms with Crippen molar-refractivity contribution in [1.82, 2.24) is 15.1 Å². The Morgan fingerprint density at radius 2 is 2.09 bits per heavy atom. The highest BCUT2D eigenvalue weighted by Gasteiger charge is 2.30. The number of halogens is 1. The van der Waals surface area contributed by atoms with Crippen LogP contribution >= 0.6 is 11.6 Å². The molecule has 1 amide bonds. The molecule has 1 unspecified atom stereocenters. The van der Waals surface area contributed by atoms with Gasteiger partial charge in [0.15, 0.2) is 0 Å². The van der Waals surface area contributed by atoms with Gasteiger partial charge in [-0.3, -0.25) is 9.69 Å². The molecular formula is C17H24ClN3O. The topological polar surface area (TPSA) is 35.6 Å². The lowest BCUT2D eigenvalue weighted by atomic mass is 10.1. The molecule has 0 saturated carbocycles. The van der Waals surface area contributed by atoms with E-state index < -0.39 is 0 Å². The van der Waals surface area contributed by atoms with Crippen molar-refractivity contribution in [2.75, 3.05) is 39.3 Å². The summed E-state index contributed by atoms with van der Waals surface area (Å²) in [5.41, 5.74) is 2.09. The molecule has 2 heterocycles. The minimum Gasteiger partial charge on any atom is -0.341 e. The Balaban J connectivity index is 1.55. The average molecular weight is 322 g/mol. The van der Waals surface area contributed by atoms with E-state index in [0.717, 1.165) is 61.8 Å². The van der Waals surface area contributed by atoms with Crippen LogP contribution in [0.5, 0.6) is 0 Å². The molecule has 0 bridgehead atoms. The van der Waals surface area contributed by atoms with Gasteiger partial charge in [0.1, 0.15) is 0 Å². The lowest BCUT2D eigenvalue weighted by molar-refractivity contribution is -0.129. The molecule has 0 radical (unpaired) electrons. The number of rotatable bonds is 3. The van der Waals surface area contributed by atoms with E-state index in [4.69, 9.17) is 11.6 Å². The van der Waals surface area contributed by atoms with Crippen LogP contribution in [0.25, 0.3) is 0 Å². The number of nitrogens with zero attached hydrogens (tertiary/aromatic N) is 2. The summed E-state index contributed by atoms with van der Waals surface area (Å²) < 4.78 is 0. The summed E-state index contributed by atoms with van der Waals surface area (Å²) in [5.74, 6) is 0.236. The van der Waals surface area contributed by atoms with Crippen LogP contribution in [0, 0.1) is 6.92 Å². The van der Waals surface area contributed by atoms with E-state index in [-0.39, 0.29) is 5.91 Å². The molecule has 2 saturated heterocycles. The predicted molar refractivity (Wildman–Crippen MR) is 89.3 cm³/mol. The van der Waals surface area contributed by atoms with Crippen LogP contribution in [-0.4, -0.2) is 61.0 Å². The third-order valence-electron chi connectivity index (χ3n) is 4.76.